The van der Waals surface area contributed by atoms with Crippen molar-refractivity contribution in [3.8, 4) is 0 Å². The molecule has 19 heavy (non-hydrogen) atoms. The number of aromatic nitrogens is 1. The Balaban J connectivity index is 2.14. The molecule has 0 amide bonds. The lowest BCUT2D eigenvalue weighted by molar-refractivity contribution is 0.534. The summed E-state index contributed by atoms with van der Waals surface area (Å²) in [4.78, 5) is 0. The molecule has 2 atom stereocenters. The normalized spacial score (nSPS) is 24.9. The van der Waals surface area contributed by atoms with E-state index in [1.54, 1.807) is 5.56 Å². The summed E-state index contributed by atoms with van der Waals surface area (Å²) in [5.41, 5.74) is 10.5. The highest BCUT2D eigenvalue weighted by Gasteiger charge is 2.58. The molecule has 1 aromatic heterocycles. The van der Waals surface area contributed by atoms with Crippen LogP contribution < -0.4 is 5.73 Å². The van der Waals surface area contributed by atoms with Gasteiger partial charge in [0.2, 0.25) is 0 Å². The Morgan fingerprint density at radius 3 is 2.63 bits per heavy atom. The molecule has 102 valence electrons. The molecule has 1 saturated carbocycles. The predicted octanol–water partition coefficient (Wildman–Crippen LogP) is 3.58. The van der Waals surface area contributed by atoms with Gasteiger partial charge in [-0.25, -0.2) is 0 Å². The second-order valence-corrected chi connectivity index (χ2v) is 6.56. The maximum Gasteiger partial charge on any atom is 0.0482 e. The monoisotopic (exact) mass is 256 g/mol. The maximum absolute atomic E-state index is 5.78. The van der Waals surface area contributed by atoms with E-state index < -0.39 is 0 Å². The third-order valence-corrected chi connectivity index (χ3v) is 5.29. The summed E-state index contributed by atoms with van der Waals surface area (Å²) in [6.45, 7) is 7.83. The van der Waals surface area contributed by atoms with Gasteiger partial charge in [-0.15, -0.1) is 0 Å². The zero-order chi connectivity index (χ0) is 13.8. The number of hydrogen-bond donors (Lipinski definition) is 1. The minimum Gasteiger partial charge on any atom is -0.348 e. The van der Waals surface area contributed by atoms with Crippen molar-refractivity contribution in [1.29, 1.82) is 0 Å². The highest BCUT2D eigenvalue weighted by molar-refractivity contribution is 5.86. The standard InChI is InChI=1S/C17H24N2/c1-11-15(16-13(9-10-18)17(16,2)3)12-7-5-6-8-14(12)19(11)4/h5-8,13,16H,9-10,18H2,1-4H3/t13-,16+/m1/s1. The molecule has 0 unspecified atom stereocenters. The van der Waals surface area contributed by atoms with Crippen molar-refractivity contribution in [2.45, 2.75) is 33.1 Å². The first-order valence-corrected chi connectivity index (χ1v) is 7.24. The van der Waals surface area contributed by atoms with E-state index in [0.717, 1.165) is 18.9 Å². The molecule has 0 aliphatic heterocycles. The van der Waals surface area contributed by atoms with Gasteiger partial charge < -0.3 is 10.3 Å². The van der Waals surface area contributed by atoms with Crippen LogP contribution >= 0.6 is 0 Å². The number of nitrogens with two attached hydrogens (primary N) is 1. The molecule has 1 aliphatic rings. The molecule has 1 heterocycles. The van der Waals surface area contributed by atoms with E-state index in [0.29, 0.717) is 11.3 Å². The zero-order valence-electron chi connectivity index (χ0n) is 12.4. The Hall–Kier alpha value is -1.28. The average molecular weight is 256 g/mol. The summed E-state index contributed by atoms with van der Waals surface area (Å²) in [6.07, 6.45) is 1.14. The zero-order valence-corrected chi connectivity index (χ0v) is 12.4. The van der Waals surface area contributed by atoms with Crippen molar-refractivity contribution in [1.82, 2.24) is 4.57 Å². The first-order valence-electron chi connectivity index (χ1n) is 7.24. The molecule has 1 aromatic carbocycles. The number of rotatable bonds is 3. The van der Waals surface area contributed by atoms with Gasteiger partial charge in [0, 0.05) is 23.6 Å². The van der Waals surface area contributed by atoms with Crippen molar-refractivity contribution >= 4 is 10.9 Å². The van der Waals surface area contributed by atoms with Gasteiger partial charge >= 0.3 is 0 Å². The molecule has 2 N–H and O–H groups in total. The second kappa shape index (κ2) is 4.11. The summed E-state index contributed by atoms with van der Waals surface area (Å²) < 4.78 is 2.33. The number of aryl methyl sites for hydroxylation is 1. The first kappa shape index (κ1) is 12.7. The van der Waals surface area contributed by atoms with Crippen LogP contribution in [-0.2, 0) is 7.05 Å². The number of benzene rings is 1. The van der Waals surface area contributed by atoms with E-state index in [-0.39, 0.29) is 0 Å². The second-order valence-electron chi connectivity index (χ2n) is 6.56. The third-order valence-electron chi connectivity index (χ3n) is 5.29. The molecule has 1 aliphatic carbocycles. The molecule has 3 rings (SSSR count). The summed E-state index contributed by atoms with van der Waals surface area (Å²) in [5.74, 6) is 1.41. The number of nitrogens with zero attached hydrogens (tertiary/aromatic N) is 1. The van der Waals surface area contributed by atoms with Crippen molar-refractivity contribution in [2.75, 3.05) is 6.54 Å². The quantitative estimate of drug-likeness (QED) is 0.894. The molecule has 0 radical (unpaired) electrons. The fraction of sp³-hybridized carbons (Fsp3) is 0.529. The smallest absolute Gasteiger partial charge is 0.0482 e. The van der Waals surface area contributed by atoms with Gasteiger partial charge in [-0.05, 0) is 48.8 Å². The molecule has 0 bridgehead atoms. The van der Waals surface area contributed by atoms with Crippen molar-refractivity contribution in [2.24, 2.45) is 24.1 Å². The van der Waals surface area contributed by atoms with E-state index >= 15 is 0 Å². The first-order chi connectivity index (χ1) is 9.00. The molecular weight excluding hydrogens is 232 g/mol. The fourth-order valence-electron chi connectivity index (χ4n) is 3.98. The van der Waals surface area contributed by atoms with Crippen LogP contribution in [-0.4, -0.2) is 11.1 Å². The van der Waals surface area contributed by atoms with Gasteiger partial charge in [0.1, 0.15) is 0 Å². The lowest BCUT2D eigenvalue weighted by atomic mass is 10.0. The Kier molecular flexibility index (Phi) is 2.75. The van der Waals surface area contributed by atoms with Crippen LogP contribution in [0.3, 0.4) is 0 Å². The summed E-state index contributed by atoms with van der Waals surface area (Å²) in [5, 5.41) is 1.43. The molecule has 1 fully saturated rings. The topological polar surface area (TPSA) is 30.9 Å². The van der Waals surface area contributed by atoms with Crippen molar-refractivity contribution in [3.63, 3.8) is 0 Å². The highest BCUT2D eigenvalue weighted by atomic mass is 15.0. The van der Waals surface area contributed by atoms with E-state index in [2.05, 4.69) is 56.7 Å². The van der Waals surface area contributed by atoms with Crippen LogP contribution in [0.4, 0.5) is 0 Å². The third kappa shape index (κ3) is 1.66. The molecule has 2 aromatic rings. The fourth-order valence-corrected chi connectivity index (χ4v) is 3.98. The lowest BCUT2D eigenvalue weighted by Gasteiger charge is -2.04. The van der Waals surface area contributed by atoms with Crippen LogP contribution in [0.15, 0.2) is 24.3 Å². The number of para-hydroxylation sites is 1. The SMILES string of the molecule is Cc1c([C@@H]2[C@@H](CCN)C2(C)C)c2ccccc2n1C. The van der Waals surface area contributed by atoms with Gasteiger partial charge in [-0.2, -0.15) is 0 Å². The Bertz CT molecular complexity index is 621. The summed E-state index contributed by atoms with van der Waals surface area (Å²) in [6, 6.07) is 8.77. The predicted molar refractivity (Wildman–Crippen MR) is 81.3 cm³/mol. The van der Waals surface area contributed by atoms with E-state index in [9.17, 15) is 0 Å². The Labute approximate surface area is 115 Å². The minimum atomic E-state index is 0.397. The van der Waals surface area contributed by atoms with Crippen LogP contribution in [0, 0.1) is 18.3 Å². The largest absolute Gasteiger partial charge is 0.348 e. The Morgan fingerprint density at radius 1 is 1.26 bits per heavy atom. The van der Waals surface area contributed by atoms with Crippen LogP contribution in [0.25, 0.3) is 10.9 Å². The Morgan fingerprint density at radius 2 is 1.95 bits per heavy atom. The molecule has 2 heteroatoms. The molecule has 0 spiro atoms. The minimum absolute atomic E-state index is 0.397. The van der Waals surface area contributed by atoms with Gasteiger partial charge in [-0.1, -0.05) is 32.0 Å². The highest BCUT2D eigenvalue weighted by Crippen LogP contribution is 2.67. The number of fused-ring (bicyclic) bond motifs is 1. The van der Waals surface area contributed by atoms with E-state index in [4.69, 9.17) is 5.73 Å². The number of hydrogen-bond acceptors (Lipinski definition) is 1. The van der Waals surface area contributed by atoms with Gasteiger partial charge in [-0.3, -0.25) is 0 Å². The van der Waals surface area contributed by atoms with Gasteiger partial charge in [0.05, 0.1) is 0 Å². The van der Waals surface area contributed by atoms with Crippen LogP contribution in [0.2, 0.25) is 0 Å². The summed E-state index contributed by atoms with van der Waals surface area (Å²) in [7, 11) is 2.18. The van der Waals surface area contributed by atoms with Crippen LogP contribution in [0.5, 0.6) is 0 Å². The van der Waals surface area contributed by atoms with Gasteiger partial charge in [0.15, 0.2) is 0 Å². The lowest BCUT2D eigenvalue weighted by Crippen LogP contribution is -2.02. The van der Waals surface area contributed by atoms with Crippen LogP contribution in [0.1, 0.15) is 37.4 Å². The van der Waals surface area contributed by atoms with Gasteiger partial charge in [0.25, 0.3) is 0 Å². The molecular formula is C17H24N2. The van der Waals surface area contributed by atoms with E-state index in [1.165, 1.54) is 16.6 Å². The maximum atomic E-state index is 5.78. The molecule has 0 saturated heterocycles. The summed E-state index contributed by atoms with van der Waals surface area (Å²) >= 11 is 0. The van der Waals surface area contributed by atoms with Crippen molar-refractivity contribution < 1.29 is 0 Å². The molecule has 2 nitrogen and oxygen atoms in total. The average Bonchev–Trinajstić information content (AvgIpc) is 2.81. The van der Waals surface area contributed by atoms with E-state index in [1.807, 2.05) is 0 Å². The van der Waals surface area contributed by atoms with Crippen molar-refractivity contribution in [3.05, 3.63) is 35.5 Å².